The Kier molecular flexibility index (Phi) is 6.88. The molecule has 1 atom stereocenters. The molecule has 27 heavy (non-hydrogen) atoms. The average Bonchev–Trinajstić information content (AvgIpc) is 2.70. The number of Topliss-reactive ketones (excluding diaryl/α,β-unsaturated/α-hetero) is 1. The second-order valence-corrected chi connectivity index (χ2v) is 6.72. The Morgan fingerprint density at radius 3 is 1.85 bits per heavy atom. The molecule has 0 spiro atoms. The summed E-state index contributed by atoms with van der Waals surface area (Å²) >= 11 is 0. The van der Waals surface area contributed by atoms with Gasteiger partial charge in [0.05, 0.1) is 5.41 Å². The van der Waals surface area contributed by atoms with E-state index in [4.69, 9.17) is 5.73 Å². The van der Waals surface area contributed by atoms with Crippen LogP contribution < -0.4 is 11.1 Å². The van der Waals surface area contributed by atoms with Crippen molar-refractivity contribution in [3.63, 3.8) is 0 Å². The van der Waals surface area contributed by atoms with Gasteiger partial charge in [-0.3, -0.25) is 14.4 Å². The highest BCUT2D eigenvalue weighted by Crippen LogP contribution is 2.32. The second-order valence-electron chi connectivity index (χ2n) is 6.72. The summed E-state index contributed by atoms with van der Waals surface area (Å²) in [7, 11) is 0. The van der Waals surface area contributed by atoms with Gasteiger partial charge in [-0.25, -0.2) is 0 Å². The Morgan fingerprint density at radius 2 is 1.44 bits per heavy atom. The van der Waals surface area contributed by atoms with Gasteiger partial charge in [-0.2, -0.15) is 0 Å². The molecule has 5 nitrogen and oxygen atoms in total. The van der Waals surface area contributed by atoms with Gasteiger partial charge in [0.25, 0.3) is 0 Å². The Balaban J connectivity index is 2.34. The van der Waals surface area contributed by atoms with Gasteiger partial charge in [0.2, 0.25) is 11.8 Å². The van der Waals surface area contributed by atoms with E-state index in [1.54, 1.807) is 6.92 Å². The zero-order chi connectivity index (χ0) is 19.9. The second kappa shape index (κ2) is 9.12. The number of ketones is 1. The number of nitrogens with one attached hydrogen (secondary N) is 1. The van der Waals surface area contributed by atoms with Gasteiger partial charge in [0, 0.05) is 12.8 Å². The maximum Gasteiger partial charge on any atom is 0.240 e. The van der Waals surface area contributed by atoms with Gasteiger partial charge in [0.15, 0.2) is 0 Å². The summed E-state index contributed by atoms with van der Waals surface area (Å²) in [5.74, 6) is -0.937. The quantitative estimate of drug-likeness (QED) is 0.715. The van der Waals surface area contributed by atoms with Crippen LogP contribution in [0.3, 0.4) is 0 Å². The van der Waals surface area contributed by atoms with Gasteiger partial charge in [-0.15, -0.1) is 0 Å². The maximum absolute atomic E-state index is 13.3. The van der Waals surface area contributed by atoms with Crippen molar-refractivity contribution in [3.05, 3.63) is 71.8 Å². The average molecular weight is 366 g/mol. The summed E-state index contributed by atoms with van der Waals surface area (Å²) < 4.78 is 0. The summed E-state index contributed by atoms with van der Waals surface area (Å²) in [6, 6.07) is 17.9. The molecule has 5 heteroatoms. The third-order valence-corrected chi connectivity index (χ3v) is 4.91. The predicted octanol–water partition coefficient (Wildman–Crippen LogP) is 2.72. The van der Waals surface area contributed by atoms with Crippen molar-refractivity contribution in [2.45, 2.75) is 44.6 Å². The molecule has 3 N–H and O–H groups in total. The van der Waals surface area contributed by atoms with E-state index < -0.39 is 17.4 Å². The van der Waals surface area contributed by atoms with Crippen LogP contribution in [0.25, 0.3) is 0 Å². The SMILES string of the molecule is CCC(=O)CC[C@@H](NC(=O)C(C)(c1ccccc1)c1ccccc1)C(N)=O. The van der Waals surface area contributed by atoms with Crippen LogP contribution in [0, 0.1) is 0 Å². The van der Waals surface area contributed by atoms with Gasteiger partial charge in [-0.05, 0) is 24.5 Å². The zero-order valence-electron chi connectivity index (χ0n) is 15.8. The van der Waals surface area contributed by atoms with Crippen LogP contribution >= 0.6 is 0 Å². The Bertz CT molecular complexity index is 748. The normalized spacial score (nSPS) is 12.2. The number of carbonyl (C=O) groups is 3. The molecule has 0 saturated carbocycles. The van der Waals surface area contributed by atoms with E-state index in [9.17, 15) is 14.4 Å². The van der Waals surface area contributed by atoms with Crippen LogP contribution in [0.5, 0.6) is 0 Å². The summed E-state index contributed by atoms with van der Waals surface area (Å²) in [4.78, 5) is 36.7. The summed E-state index contributed by atoms with van der Waals surface area (Å²) in [6.45, 7) is 3.59. The fourth-order valence-corrected chi connectivity index (χ4v) is 3.04. The van der Waals surface area contributed by atoms with Crippen molar-refractivity contribution in [2.75, 3.05) is 0 Å². The topological polar surface area (TPSA) is 89.3 Å². The molecular weight excluding hydrogens is 340 g/mol. The number of hydrogen-bond acceptors (Lipinski definition) is 3. The maximum atomic E-state index is 13.3. The monoisotopic (exact) mass is 366 g/mol. The Hall–Kier alpha value is -2.95. The van der Waals surface area contributed by atoms with E-state index in [0.29, 0.717) is 6.42 Å². The third-order valence-electron chi connectivity index (χ3n) is 4.91. The van der Waals surface area contributed by atoms with Crippen molar-refractivity contribution in [3.8, 4) is 0 Å². The first-order valence-electron chi connectivity index (χ1n) is 9.12. The van der Waals surface area contributed by atoms with Crippen LogP contribution in [-0.4, -0.2) is 23.6 Å². The molecule has 0 aliphatic carbocycles. The van der Waals surface area contributed by atoms with Crippen LogP contribution in [0.15, 0.2) is 60.7 Å². The third kappa shape index (κ3) is 4.82. The Labute approximate surface area is 160 Å². The van der Waals surface area contributed by atoms with Gasteiger partial charge < -0.3 is 11.1 Å². The lowest BCUT2D eigenvalue weighted by atomic mass is 9.75. The van der Waals surface area contributed by atoms with Crippen LogP contribution in [0.2, 0.25) is 0 Å². The largest absolute Gasteiger partial charge is 0.368 e. The molecule has 0 heterocycles. The number of benzene rings is 2. The van der Waals surface area contributed by atoms with Crippen molar-refractivity contribution < 1.29 is 14.4 Å². The van der Waals surface area contributed by atoms with Gasteiger partial charge >= 0.3 is 0 Å². The van der Waals surface area contributed by atoms with E-state index in [1.807, 2.05) is 67.6 Å². The number of rotatable bonds is 9. The molecule has 2 rings (SSSR count). The molecule has 0 unspecified atom stereocenters. The minimum atomic E-state index is -0.995. The highest BCUT2D eigenvalue weighted by atomic mass is 16.2. The number of primary amides is 1. The summed E-state index contributed by atoms with van der Waals surface area (Å²) in [6.07, 6.45) is 0.802. The van der Waals surface area contributed by atoms with E-state index in [1.165, 1.54) is 0 Å². The molecule has 0 aliphatic rings. The smallest absolute Gasteiger partial charge is 0.240 e. The van der Waals surface area contributed by atoms with E-state index >= 15 is 0 Å². The molecule has 0 aromatic heterocycles. The molecule has 0 aliphatic heterocycles. The zero-order valence-corrected chi connectivity index (χ0v) is 15.8. The standard InChI is InChI=1S/C22H26N2O3/c1-3-18(25)14-15-19(20(23)26)24-21(27)22(2,16-10-6-4-7-11-16)17-12-8-5-9-13-17/h4-13,19H,3,14-15H2,1-2H3,(H2,23,26)(H,24,27)/t19-/m1/s1. The first kappa shape index (κ1) is 20.4. The van der Waals surface area contributed by atoms with Crippen molar-refractivity contribution in [2.24, 2.45) is 5.73 Å². The van der Waals surface area contributed by atoms with Crippen LogP contribution in [0.4, 0.5) is 0 Å². The highest BCUT2D eigenvalue weighted by molar-refractivity contribution is 5.95. The molecular formula is C22H26N2O3. The number of hydrogen-bond donors (Lipinski definition) is 2. The number of carbonyl (C=O) groups excluding carboxylic acids is 3. The Morgan fingerprint density at radius 1 is 0.963 bits per heavy atom. The molecule has 0 bridgehead atoms. The molecule has 2 aromatic carbocycles. The number of nitrogens with two attached hydrogens (primary N) is 1. The highest BCUT2D eigenvalue weighted by Gasteiger charge is 2.38. The van der Waals surface area contributed by atoms with E-state index in [2.05, 4.69) is 5.32 Å². The molecule has 2 amide bonds. The van der Waals surface area contributed by atoms with Crippen LogP contribution in [-0.2, 0) is 19.8 Å². The van der Waals surface area contributed by atoms with Crippen molar-refractivity contribution in [1.82, 2.24) is 5.32 Å². The van der Waals surface area contributed by atoms with Crippen molar-refractivity contribution >= 4 is 17.6 Å². The fraction of sp³-hybridized carbons (Fsp3) is 0.318. The van der Waals surface area contributed by atoms with E-state index in [-0.39, 0.29) is 24.5 Å². The minimum absolute atomic E-state index is 0.0318. The summed E-state index contributed by atoms with van der Waals surface area (Å²) in [5.41, 5.74) is 6.09. The van der Waals surface area contributed by atoms with Crippen molar-refractivity contribution in [1.29, 1.82) is 0 Å². The number of amides is 2. The van der Waals surface area contributed by atoms with Gasteiger partial charge in [-0.1, -0.05) is 67.6 Å². The summed E-state index contributed by atoms with van der Waals surface area (Å²) in [5, 5.41) is 2.77. The lowest BCUT2D eigenvalue weighted by Gasteiger charge is -2.31. The lowest BCUT2D eigenvalue weighted by Crippen LogP contribution is -2.51. The molecule has 0 radical (unpaired) electrons. The van der Waals surface area contributed by atoms with Crippen LogP contribution in [0.1, 0.15) is 44.2 Å². The molecule has 2 aromatic rings. The van der Waals surface area contributed by atoms with E-state index in [0.717, 1.165) is 11.1 Å². The lowest BCUT2D eigenvalue weighted by molar-refractivity contribution is -0.130. The molecule has 0 fully saturated rings. The predicted molar refractivity (Wildman–Crippen MR) is 105 cm³/mol. The first-order chi connectivity index (χ1) is 12.9. The van der Waals surface area contributed by atoms with Gasteiger partial charge in [0.1, 0.15) is 11.8 Å². The molecule has 0 saturated heterocycles. The fourth-order valence-electron chi connectivity index (χ4n) is 3.04. The first-order valence-corrected chi connectivity index (χ1v) is 9.12. The minimum Gasteiger partial charge on any atom is -0.368 e. The molecule has 142 valence electrons.